The van der Waals surface area contributed by atoms with Gasteiger partial charge >= 0.3 is 0 Å². The molecule has 17 heavy (non-hydrogen) atoms. The molecule has 0 unspecified atom stereocenters. The number of aryl methyl sites for hydroxylation is 1. The van der Waals surface area contributed by atoms with Crippen molar-refractivity contribution in [1.29, 1.82) is 0 Å². The van der Waals surface area contributed by atoms with Gasteiger partial charge in [-0.3, -0.25) is 4.79 Å². The monoisotopic (exact) mass is 253 g/mol. The maximum absolute atomic E-state index is 11.0. The van der Waals surface area contributed by atoms with Crippen LogP contribution in [0.1, 0.15) is 18.1 Å². The fourth-order valence-electron chi connectivity index (χ4n) is 1.80. The van der Waals surface area contributed by atoms with Crippen molar-refractivity contribution in [3.05, 3.63) is 29.3 Å². The number of hydrogen-bond acceptors (Lipinski definition) is 3. The molecule has 94 valence electrons. The summed E-state index contributed by atoms with van der Waals surface area (Å²) in [6.07, 6.45) is 0.786. The molecule has 3 nitrogen and oxygen atoms in total. The van der Waals surface area contributed by atoms with Crippen molar-refractivity contribution in [1.82, 2.24) is 5.32 Å². The van der Waals surface area contributed by atoms with Crippen molar-refractivity contribution >= 4 is 18.5 Å². The average molecular weight is 253 g/mol. The maximum Gasteiger partial charge on any atom is 0.217 e. The summed E-state index contributed by atoms with van der Waals surface area (Å²) >= 11 is 4.25. The highest BCUT2D eigenvalue weighted by Gasteiger charge is 2.09. The number of thiol groups is 1. The van der Waals surface area contributed by atoms with Gasteiger partial charge < -0.3 is 10.1 Å². The molecule has 0 heterocycles. The zero-order valence-corrected chi connectivity index (χ0v) is 11.4. The molecule has 1 atom stereocenters. The molecule has 1 N–H and O–H groups in total. The van der Waals surface area contributed by atoms with Gasteiger partial charge in [0, 0.05) is 18.7 Å². The van der Waals surface area contributed by atoms with Crippen LogP contribution in [0.25, 0.3) is 0 Å². The quantitative estimate of drug-likeness (QED) is 0.788. The van der Waals surface area contributed by atoms with Crippen LogP contribution in [-0.4, -0.2) is 24.8 Å². The molecular weight excluding hydrogens is 234 g/mol. The predicted octanol–water partition coefficient (Wildman–Crippen LogP) is 1.98. The number of carbonyl (C=O) groups excluding carboxylic acids is 1. The van der Waals surface area contributed by atoms with Crippen molar-refractivity contribution in [2.45, 2.75) is 26.3 Å². The zero-order chi connectivity index (χ0) is 12.8. The minimum Gasteiger partial charge on any atom is -0.496 e. The molecule has 0 aliphatic carbocycles. The second-order valence-electron chi connectivity index (χ2n) is 4.09. The van der Waals surface area contributed by atoms with Crippen LogP contribution < -0.4 is 10.1 Å². The molecule has 1 rings (SSSR count). The lowest BCUT2D eigenvalue weighted by atomic mass is 10.0. The van der Waals surface area contributed by atoms with E-state index in [-0.39, 0.29) is 11.9 Å². The molecular formula is C13H19NO2S. The molecule has 1 aromatic rings. The van der Waals surface area contributed by atoms with Crippen LogP contribution in [0.15, 0.2) is 18.2 Å². The van der Waals surface area contributed by atoms with E-state index in [9.17, 15) is 4.79 Å². The molecule has 0 spiro atoms. The first-order chi connectivity index (χ1) is 8.06. The molecule has 0 aromatic heterocycles. The van der Waals surface area contributed by atoms with Crippen molar-refractivity contribution in [3.8, 4) is 5.75 Å². The maximum atomic E-state index is 11.0. The first-order valence-electron chi connectivity index (χ1n) is 5.58. The van der Waals surface area contributed by atoms with Gasteiger partial charge in [0.1, 0.15) is 5.75 Å². The van der Waals surface area contributed by atoms with E-state index >= 15 is 0 Å². The first-order valence-corrected chi connectivity index (χ1v) is 6.21. The Bertz CT molecular complexity index is 393. The molecule has 0 saturated heterocycles. The molecule has 0 fully saturated rings. The molecule has 1 aromatic carbocycles. The van der Waals surface area contributed by atoms with Crippen LogP contribution >= 0.6 is 12.6 Å². The zero-order valence-electron chi connectivity index (χ0n) is 10.5. The normalized spacial score (nSPS) is 12.0. The number of ether oxygens (including phenoxy) is 1. The predicted molar refractivity (Wildman–Crippen MR) is 72.9 cm³/mol. The van der Waals surface area contributed by atoms with Gasteiger partial charge in [0.25, 0.3) is 0 Å². The van der Waals surface area contributed by atoms with E-state index in [0.717, 1.165) is 17.7 Å². The van der Waals surface area contributed by atoms with Crippen molar-refractivity contribution in [3.63, 3.8) is 0 Å². The molecule has 4 heteroatoms. The summed E-state index contributed by atoms with van der Waals surface area (Å²) in [5, 5.41) is 2.88. The fourth-order valence-corrected chi connectivity index (χ4v) is 2.02. The van der Waals surface area contributed by atoms with Crippen LogP contribution in [-0.2, 0) is 11.2 Å². The summed E-state index contributed by atoms with van der Waals surface area (Å²) in [5.74, 6) is 1.50. The molecule has 0 bridgehead atoms. The molecule has 0 aliphatic heterocycles. The van der Waals surface area contributed by atoms with Crippen LogP contribution in [0.4, 0.5) is 0 Å². The summed E-state index contributed by atoms with van der Waals surface area (Å²) in [7, 11) is 1.66. The second-order valence-corrected chi connectivity index (χ2v) is 4.45. The largest absolute Gasteiger partial charge is 0.496 e. The van der Waals surface area contributed by atoms with Crippen LogP contribution in [0.2, 0.25) is 0 Å². The number of hydrogen-bond donors (Lipinski definition) is 2. The van der Waals surface area contributed by atoms with Gasteiger partial charge in [-0.25, -0.2) is 0 Å². The van der Waals surface area contributed by atoms with E-state index < -0.39 is 0 Å². The van der Waals surface area contributed by atoms with Gasteiger partial charge in [0.05, 0.1) is 7.11 Å². The van der Waals surface area contributed by atoms with Gasteiger partial charge in [-0.05, 0) is 30.5 Å². The Balaban J connectivity index is 2.73. The van der Waals surface area contributed by atoms with E-state index in [1.807, 2.05) is 19.1 Å². The summed E-state index contributed by atoms with van der Waals surface area (Å²) in [6, 6.07) is 6.12. The van der Waals surface area contributed by atoms with E-state index in [1.165, 1.54) is 12.5 Å². The highest BCUT2D eigenvalue weighted by Crippen LogP contribution is 2.19. The first kappa shape index (κ1) is 13.9. The highest BCUT2D eigenvalue weighted by molar-refractivity contribution is 7.80. The van der Waals surface area contributed by atoms with Crippen LogP contribution in [0.3, 0.4) is 0 Å². The van der Waals surface area contributed by atoms with Gasteiger partial charge in [-0.15, -0.1) is 0 Å². The third-order valence-electron chi connectivity index (χ3n) is 2.57. The lowest BCUT2D eigenvalue weighted by Crippen LogP contribution is -2.36. The Morgan fingerprint density at radius 3 is 2.71 bits per heavy atom. The number of methoxy groups -OCH3 is 1. The summed E-state index contributed by atoms with van der Waals surface area (Å²) < 4.78 is 5.21. The Hall–Kier alpha value is -1.16. The minimum atomic E-state index is -0.0192. The number of rotatable bonds is 5. The molecule has 0 saturated carbocycles. The van der Waals surface area contributed by atoms with E-state index in [4.69, 9.17) is 4.74 Å². The summed E-state index contributed by atoms with van der Waals surface area (Å²) in [5.41, 5.74) is 2.28. The van der Waals surface area contributed by atoms with E-state index in [0.29, 0.717) is 5.75 Å². The van der Waals surface area contributed by atoms with Crippen molar-refractivity contribution in [2.75, 3.05) is 12.9 Å². The van der Waals surface area contributed by atoms with Gasteiger partial charge in [0.15, 0.2) is 0 Å². The van der Waals surface area contributed by atoms with E-state index in [1.54, 1.807) is 7.11 Å². The number of benzene rings is 1. The van der Waals surface area contributed by atoms with Gasteiger partial charge in [-0.2, -0.15) is 12.6 Å². The Morgan fingerprint density at radius 2 is 2.24 bits per heavy atom. The molecule has 0 aliphatic rings. The molecule has 0 radical (unpaired) electrons. The van der Waals surface area contributed by atoms with Crippen molar-refractivity contribution < 1.29 is 9.53 Å². The summed E-state index contributed by atoms with van der Waals surface area (Å²) in [6.45, 7) is 3.53. The van der Waals surface area contributed by atoms with E-state index in [2.05, 4.69) is 24.0 Å². The lowest BCUT2D eigenvalue weighted by Gasteiger charge is -2.16. The molecule has 1 amide bonds. The summed E-state index contributed by atoms with van der Waals surface area (Å²) in [4.78, 5) is 11.0. The standard InChI is InChI=1S/C13H19NO2S/c1-9-6-11(4-5-13(9)16-3)7-12(8-17)14-10(2)15/h4-6,12,17H,7-8H2,1-3H3,(H,14,15)/t12-/m0/s1. The topological polar surface area (TPSA) is 38.3 Å². The smallest absolute Gasteiger partial charge is 0.217 e. The lowest BCUT2D eigenvalue weighted by molar-refractivity contribution is -0.119. The second kappa shape index (κ2) is 6.55. The van der Waals surface area contributed by atoms with Crippen molar-refractivity contribution in [2.24, 2.45) is 0 Å². The van der Waals surface area contributed by atoms with Gasteiger partial charge in [-0.1, -0.05) is 12.1 Å². The SMILES string of the molecule is COc1ccc(C[C@@H](CS)NC(C)=O)cc1C. The fraction of sp³-hybridized carbons (Fsp3) is 0.462. The Morgan fingerprint density at radius 1 is 1.53 bits per heavy atom. The average Bonchev–Trinajstić information content (AvgIpc) is 2.27. The third-order valence-corrected chi connectivity index (χ3v) is 3.01. The Labute approximate surface area is 108 Å². The minimum absolute atomic E-state index is 0.0192. The number of carbonyl (C=O) groups is 1. The highest BCUT2D eigenvalue weighted by atomic mass is 32.1. The van der Waals surface area contributed by atoms with Crippen LogP contribution in [0.5, 0.6) is 5.75 Å². The van der Waals surface area contributed by atoms with Gasteiger partial charge in [0.2, 0.25) is 5.91 Å². The Kier molecular flexibility index (Phi) is 5.35. The third kappa shape index (κ3) is 4.30. The number of nitrogens with one attached hydrogen (secondary N) is 1. The van der Waals surface area contributed by atoms with Crippen LogP contribution in [0, 0.1) is 6.92 Å². The number of amides is 1.